The fourth-order valence-electron chi connectivity index (χ4n) is 0.752. The van der Waals surface area contributed by atoms with Crippen LogP contribution in [-0.4, -0.2) is 17.1 Å². The second-order valence-corrected chi connectivity index (χ2v) is 3.45. The first kappa shape index (κ1) is 6.81. The van der Waals surface area contributed by atoms with Gasteiger partial charge in [0.1, 0.15) is 0 Å². The monoisotopic (exact) mass is 146 g/mol. The smallest absolute Gasteiger partial charge is 0.0949 e. The number of rotatable bonds is 1. The molecule has 1 rings (SSSR count). The Hall–Kier alpha value is -0.310. The molecule has 0 aromatic rings. The second kappa shape index (κ2) is 3.01. The second-order valence-electron chi connectivity index (χ2n) is 2.01. The summed E-state index contributed by atoms with van der Waals surface area (Å²) < 4.78 is 15.7. The molecule has 0 N–H and O–H groups in total. The highest BCUT2D eigenvalue weighted by atomic mass is 32.2. The molecule has 0 bridgehead atoms. The first-order valence-corrected chi connectivity index (χ1v) is 4.50. The van der Waals surface area contributed by atoms with Crippen LogP contribution in [0.15, 0.2) is 11.2 Å². The molecule has 3 heteroatoms. The summed E-state index contributed by atoms with van der Waals surface area (Å²) in [4.78, 5) is 0.932. The van der Waals surface area contributed by atoms with Crippen LogP contribution in [0.1, 0.15) is 12.8 Å². The highest BCUT2D eigenvalue weighted by Gasteiger charge is 2.06. The van der Waals surface area contributed by atoms with Gasteiger partial charge >= 0.3 is 0 Å². The molecule has 0 saturated heterocycles. The lowest BCUT2D eigenvalue weighted by Gasteiger charge is -2.10. The van der Waals surface area contributed by atoms with Crippen molar-refractivity contribution in [2.75, 3.05) is 12.9 Å². The largest absolute Gasteiger partial charge is 0.500 e. The fraction of sp³-hybridized carbons (Fsp3) is 0.667. The van der Waals surface area contributed by atoms with Gasteiger partial charge in [0.2, 0.25) is 0 Å². The van der Waals surface area contributed by atoms with Gasteiger partial charge in [-0.15, -0.1) is 0 Å². The maximum atomic E-state index is 10.8. The lowest BCUT2D eigenvalue weighted by atomic mass is 10.3. The molecule has 1 aliphatic heterocycles. The fourth-order valence-corrected chi connectivity index (χ4v) is 1.39. The predicted octanol–water partition coefficient (Wildman–Crippen LogP) is 1.02. The Morgan fingerprint density at radius 1 is 1.78 bits per heavy atom. The number of hydrogen-bond donors (Lipinski definition) is 0. The van der Waals surface area contributed by atoms with E-state index >= 15 is 0 Å². The molecular formula is C6H10O2S. The van der Waals surface area contributed by atoms with Gasteiger partial charge in [-0.3, -0.25) is 4.21 Å². The maximum Gasteiger partial charge on any atom is 0.0949 e. The predicted molar refractivity (Wildman–Crippen MR) is 37.3 cm³/mol. The van der Waals surface area contributed by atoms with E-state index in [-0.39, 0.29) is 0 Å². The maximum absolute atomic E-state index is 10.8. The van der Waals surface area contributed by atoms with Gasteiger partial charge in [-0.2, -0.15) is 0 Å². The van der Waals surface area contributed by atoms with Crippen LogP contribution in [0.2, 0.25) is 0 Å². The van der Waals surface area contributed by atoms with Gasteiger partial charge < -0.3 is 4.74 Å². The third kappa shape index (κ3) is 1.82. The van der Waals surface area contributed by atoms with Crippen molar-refractivity contribution in [1.29, 1.82) is 0 Å². The van der Waals surface area contributed by atoms with Gasteiger partial charge in [-0.25, -0.2) is 0 Å². The topological polar surface area (TPSA) is 26.3 Å². The van der Waals surface area contributed by atoms with Crippen molar-refractivity contribution < 1.29 is 8.95 Å². The van der Waals surface area contributed by atoms with E-state index in [9.17, 15) is 4.21 Å². The summed E-state index contributed by atoms with van der Waals surface area (Å²) in [5.41, 5.74) is 0. The van der Waals surface area contributed by atoms with Gasteiger partial charge in [-0.1, -0.05) is 0 Å². The van der Waals surface area contributed by atoms with E-state index in [0.29, 0.717) is 0 Å². The van der Waals surface area contributed by atoms with Crippen LogP contribution < -0.4 is 0 Å². The van der Waals surface area contributed by atoms with Crippen LogP contribution in [-0.2, 0) is 15.5 Å². The zero-order valence-electron chi connectivity index (χ0n) is 5.42. The molecule has 0 saturated carbocycles. The molecule has 0 amide bonds. The Balaban J connectivity index is 2.57. The SMILES string of the molecule is CS(=O)C1=COCCC1. The van der Waals surface area contributed by atoms with Crippen molar-refractivity contribution in [3.05, 3.63) is 11.2 Å². The Morgan fingerprint density at radius 2 is 2.56 bits per heavy atom. The molecule has 0 radical (unpaired) electrons. The van der Waals surface area contributed by atoms with E-state index in [1.165, 1.54) is 0 Å². The van der Waals surface area contributed by atoms with Crippen LogP contribution >= 0.6 is 0 Å². The zero-order chi connectivity index (χ0) is 6.69. The summed E-state index contributed by atoms with van der Waals surface area (Å²) in [6, 6.07) is 0. The molecule has 0 aliphatic carbocycles. The lowest BCUT2D eigenvalue weighted by Crippen LogP contribution is -2.02. The minimum absolute atomic E-state index is 0.778. The molecule has 1 heterocycles. The minimum atomic E-state index is -0.816. The van der Waals surface area contributed by atoms with Crippen LogP contribution in [0, 0.1) is 0 Å². The van der Waals surface area contributed by atoms with E-state index in [1.807, 2.05) is 0 Å². The normalized spacial score (nSPS) is 22.1. The van der Waals surface area contributed by atoms with Crippen molar-refractivity contribution in [2.45, 2.75) is 12.8 Å². The molecule has 0 spiro atoms. The lowest BCUT2D eigenvalue weighted by molar-refractivity contribution is 0.229. The average molecular weight is 146 g/mol. The Kier molecular flexibility index (Phi) is 2.28. The van der Waals surface area contributed by atoms with Gasteiger partial charge in [0, 0.05) is 17.1 Å². The van der Waals surface area contributed by atoms with Crippen LogP contribution in [0.3, 0.4) is 0 Å². The van der Waals surface area contributed by atoms with E-state index in [1.54, 1.807) is 12.5 Å². The first-order valence-electron chi connectivity index (χ1n) is 2.95. The quantitative estimate of drug-likeness (QED) is 0.552. The van der Waals surface area contributed by atoms with Crippen LogP contribution in [0.25, 0.3) is 0 Å². The molecule has 2 nitrogen and oxygen atoms in total. The van der Waals surface area contributed by atoms with Crippen molar-refractivity contribution >= 4 is 10.8 Å². The number of allylic oxidation sites excluding steroid dienone is 1. The van der Waals surface area contributed by atoms with Crippen molar-refractivity contribution in [2.24, 2.45) is 0 Å². The summed E-state index contributed by atoms with van der Waals surface area (Å²) >= 11 is 0. The van der Waals surface area contributed by atoms with E-state index < -0.39 is 10.8 Å². The molecule has 0 aromatic heterocycles. The molecule has 1 atom stereocenters. The standard InChI is InChI=1S/C6H10O2S/c1-9(7)6-3-2-4-8-5-6/h5H,2-4H2,1H3. The molecule has 0 aromatic carbocycles. The summed E-state index contributed by atoms with van der Waals surface area (Å²) in [7, 11) is -0.816. The van der Waals surface area contributed by atoms with Crippen molar-refractivity contribution in [3.8, 4) is 0 Å². The molecule has 0 fully saturated rings. The van der Waals surface area contributed by atoms with Crippen molar-refractivity contribution in [1.82, 2.24) is 0 Å². The number of hydrogen-bond acceptors (Lipinski definition) is 2. The molecule has 9 heavy (non-hydrogen) atoms. The summed E-state index contributed by atoms with van der Waals surface area (Å²) in [5, 5.41) is 0. The first-order chi connectivity index (χ1) is 4.30. The van der Waals surface area contributed by atoms with Gasteiger partial charge in [0.25, 0.3) is 0 Å². The van der Waals surface area contributed by atoms with Gasteiger partial charge in [0.05, 0.1) is 17.8 Å². The highest BCUT2D eigenvalue weighted by Crippen LogP contribution is 2.13. The molecule has 52 valence electrons. The van der Waals surface area contributed by atoms with Crippen molar-refractivity contribution in [3.63, 3.8) is 0 Å². The third-order valence-electron chi connectivity index (χ3n) is 1.27. The molecule has 1 aliphatic rings. The third-order valence-corrected chi connectivity index (χ3v) is 2.31. The minimum Gasteiger partial charge on any atom is -0.500 e. The zero-order valence-corrected chi connectivity index (χ0v) is 6.24. The van der Waals surface area contributed by atoms with Gasteiger partial charge in [-0.05, 0) is 12.8 Å². The molecular weight excluding hydrogens is 136 g/mol. The van der Waals surface area contributed by atoms with E-state index in [4.69, 9.17) is 4.74 Å². The molecule has 1 unspecified atom stereocenters. The Labute approximate surface area is 57.4 Å². The summed E-state index contributed by atoms with van der Waals surface area (Å²) in [5.74, 6) is 0. The van der Waals surface area contributed by atoms with E-state index in [0.717, 1.165) is 24.4 Å². The Bertz CT molecular complexity index is 151. The summed E-state index contributed by atoms with van der Waals surface area (Å²) in [6.07, 6.45) is 5.24. The van der Waals surface area contributed by atoms with Crippen LogP contribution in [0.5, 0.6) is 0 Å². The van der Waals surface area contributed by atoms with E-state index in [2.05, 4.69) is 0 Å². The van der Waals surface area contributed by atoms with Gasteiger partial charge in [0.15, 0.2) is 0 Å². The van der Waals surface area contributed by atoms with Crippen LogP contribution in [0.4, 0.5) is 0 Å². The summed E-state index contributed by atoms with van der Waals surface area (Å²) in [6.45, 7) is 0.778. The highest BCUT2D eigenvalue weighted by molar-refractivity contribution is 7.88. The Morgan fingerprint density at radius 3 is 2.89 bits per heavy atom. The average Bonchev–Trinajstić information content (AvgIpc) is 1.90. The number of ether oxygens (including phenoxy) is 1.